The third-order valence-electron chi connectivity index (χ3n) is 5.61. The first-order chi connectivity index (χ1) is 14.8. The summed E-state index contributed by atoms with van der Waals surface area (Å²) in [6.07, 6.45) is 3.34. The Balaban J connectivity index is 1.41. The maximum absolute atomic E-state index is 13.1. The SMILES string of the molecule is CC(C)(C)c1ccc(C(=O)Nc2nc([C@@H]3CCCN3Cc3ccc(F)cn3)cs2)cc1. The molecule has 0 radical (unpaired) electrons. The Morgan fingerprint density at radius 1 is 1.23 bits per heavy atom. The van der Waals surface area contributed by atoms with Gasteiger partial charge in [0, 0.05) is 17.5 Å². The molecule has 7 heteroatoms. The quantitative estimate of drug-likeness (QED) is 0.566. The van der Waals surface area contributed by atoms with Gasteiger partial charge in [-0.15, -0.1) is 11.3 Å². The standard InChI is InChI=1S/C24H27FN4OS/c1-24(2,3)17-8-6-16(7-9-17)22(30)28-23-27-20(15-31-23)21-5-4-12-29(21)14-19-11-10-18(25)13-26-19/h6-11,13,15,21H,4-5,12,14H2,1-3H3,(H,27,28,30)/t21-/m0/s1. The fourth-order valence-corrected chi connectivity index (χ4v) is 4.60. The van der Waals surface area contributed by atoms with E-state index in [1.807, 2.05) is 29.6 Å². The lowest BCUT2D eigenvalue weighted by Crippen LogP contribution is -2.23. The molecule has 1 amide bonds. The van der Waals surface area contributed by atoms with Gasteiger partial charge >= 0.3 is 0 Å². The average molecular weight is 439 g/mol. The van der Waals surface area contributed by atoms with Crippen molar-refractivity contribution in [3.05, 3.63) is 76.3 Å². The van der Waals surface area contributed by atoms with Gasteiger partial charge in [-0.1, -0.05) is 32.9 Å². The lowest BCUT2D eigenvalue weighted by atomic mass is 9.87. The van der Waals surface area contributed by atoms with Crippen molar-refractivity contribution in [3.63, 3.8) is 0 Å². The molecule has 2 aromatic heterocycles. The largest absolute Gasteiger partial charge is 0.298 e. The molecule has 0 saturated carbocycles. The van der Waals surface area contributed by atoms with Crippen molar-refractivity contribution in [2.75, 3.05) is 11.9 Å². The minimum atomic E-state index is -0.324. The first-order valence-electron chi connectivity index (χ1n) is 10.5. The molecular weight excluding hydrogens is 411 g/mol. The maximum atomic E-state index is 13.1. The van der Waals surface area contributed by atoms with E-state index in [1.165, 1.54) is 29.2 Å². The van der Waals surface area contributed by atoms with E-state index in [2.05, 4.69) is 41.0 Å². The van der Waals surface area contributed by atoms with Crippen LogP contribution in [0.3, 0.4) is 0 Å². The second-order valence-corrected chi connectivity index (χ2v) is 9.81. The van der Waals surface area contributed by atoms with Crippen molar-refractivity contribution in [2.24, 2.45) is 0 Å². The number of nitrogens with one attached hydrogen (secondary N) is 1. The van der Waals surface area contributed by atoms with Crippen LogP contribution in [-0.4, -0.2) is 27.3 Å². The summed E-state index contributed by atoms with van der Waals surface area (Å²) in [7, 11) is 0. The number of likely N-dealkylation sites (tertiary alicyclic amines) is 1. The van der Waals surface area contributed by atoms with Crippen molar-refractivity contribution in [1.82, 2.24) is 14.9 Å². The normalized spacial score (nSPS) is 17.1. The van der Waals surface area contributed by atoms with Gasteiger partial charge in [-0.3, -0.25) is 20.0 Å². The van der Waals surface area contributed by atoms with E-state index in [0.717, 1.165) is 30.8 Å². The fraction of sp³-hybridized carbons (Fsp3) is 0.375. The summed E-state index contributed by atoms with van der Waals surface area (Å²) < 4.78 is 13.1. The van der Waals surface area contributed by atoms with Gasteiger partial charge in [-0.2, -0.15) is 0 Å². The van der Waals surface area contributed by atoms with Crippen molar-refractivity contribution in [3.8, 4) is 0 Å². The summed E-state index contributed by atoms with van der Waals surface area (Å²) >= 11 is 1.44. The van der Waals surface area contributed by atoms with E-state index in [0.29, 0.717) is 17.2 Å². The number of carbonyl (C=O) groups excluding carboxylic acids is 1. The molecule has 0 unspecified atom stereocenters. The van der Waals surface area contributed by atoms with Gasteiger partial charge in [0.1, 0.15) is 5.82 Å². The molecule has 1 aliphatic rings. The first kappa shape index (κ1) is 21.6. The number of benzene rings is 1. The monoisotopic (exact) mass is 438 g/mol. The molecule has 1 aliphatic heterocycles. The van der Waals surface area contributed by atoms with Crippen LogP contribution < -0.4 is 5.32 Å². The number of pyridine rings is 1. The molecule has 31 heavy (non-hydrogen) atoms. The topological polar surface area (TPSA) is 58.1 Å². The summed E-state index contributed by atoms with van der Waals surface area (Å²) in [5.74, 6) is -0.477. The van der Waals surface area contributed by atoms with Gasteiger partial charge < -0.3 is 0 Å². The molecule has 1 N–H and O–H groups in total. The Morgan fingerprint density at radius 2 is 2.00 bits per heavy atom. The van der Waals surface area contributed by atoms with Crippen LogP contribution in [0.5, 0.6) is 0 Å². The predicted octanol–water partition coefficient (Wildman–Crippen LogP) is 5.56. The van der Waals surface area contributed by atoms with E-state index in [1.54, 1.807) is 6.07 Å². The minimum Gasteiger partial charge on any atom is -0.298 e. The highest BCUT2D eigenvalue weighted by molar-refractivity contribution is 7.14. The van der Waals surface area contributed by atoms with Crippen LogP contribution in [0.25, 0.3) is 0 Å². The van der Waals surface area contributed by atoms with Crippen LogP contribution in [0.1, 0.15) is 67.0 Å². The molecule has 0 spiro atoms. The van der Waals surface area contributed by atoms with Gasteiger partial charge in [0.15, 0.2) is 5.13 Å². The molecule has 3 aromatic rings. The zero-order valence-corrected chi connectivity index (χ0v) is 18.9. The van der Waals surface area contributed by atoms with Gasteiger partial charge in [0.25, 0.3) is 5.91 Å². The molecule has 3 heterocycles. The first-order valence-corrected chi connectivity index (χ1v) is 11.4. The van der Waals surface area contributed by atoms with E-state index in [4.69, 9.17) is 0 Å². The van der Waals surface area contributed by atoms with Crippen molar-refractivity contribution in [1.29, 1.82) is 0 Å². The maximum Gasteiger partial charge on any atom is 0.257 e. The number of thiazole rings is 1. The number of carbonyl (C=O) groups is 1. The summed E-state index contributed by atoms with van der Waals surface area (Å²) in [4.78, 5) is 23.8. The molecule has 1 saturated heterocycles. The van der Waals surface area contributed by atoms with Crippen molar-refractivity contribution < 1.29 is 9.18 Å². The molecule has 5 nitrogen and oxygen atoms in total. The lowest BCUT2D eigenvalue weighted by molar-refractivity contribution is 0.102. The number of anilines is 1. The Bertz CT molecular complexity index is 1040. The van der Waals surface area contributed by atoms with Crippen LogP contribution in [0, 0.1) is 5.82 Å². The number of rotatable bonds is 5. The third kappa shape index (κ3) is 5.17. The summed E-state index contributed by atoms with van der Waals surface area (Å²) in [5, 5.41) is 5.54. The predicted molar refractivity (Wildman–Crippen MR) is 122 cm³/mol. The minimum absolute atomic E-state index is 0.0514. The average Bonchev–Trinajstić information content (AvgIpc) is 3.38. The molecule has 0 bridgehead atoms. The summed E-state index contributed by atoms with van der Waals surface area (Å²) in [6, 6.07) is 11.1. The molecule has 162 valence electrons. The number of halogens is 1. The van der Waals surface area contributed by atoms with Gasteiger partial charge in [-0.25, -0.2) is 9.37 Å². The van der Waals surface area contributed by atoms with E-state index >= 15 is 0 Å². The van der Waals surface area contributed by atoms with E-state index in [-0.39, 0.29) is 23.2 Å². The van der Waals surface area contributed by atoms with Crippen LogP contribution in [0.15, 0.2) is 48.0 Å². The fourth-order valence-electron chi connectivity index (χ4n) is 3.85. The van der Waals surface area contributed by atoms with Crippen LogP contribution in [0.4, 0.5) is 9.52 Å². The molecule has 1 aromatic carbocycles. The molecule has 4 rings (SSSR count). The summed E-state index contributed by atoms with van der Waals surface area (Å²) in [5.41, 5.74) is 3.67. The molecule has 0 aliphatic carbocycles. The summed E-state index contributed by atoms with van der Waals surface area (Å²) in [6.45, 7) is 8.06. The smallest absolute Gasteiger partial charge is 0.257 e. The highest BCUT2D eigenvalue weighted by Crippen LogP contribution is 2.34. The van der Waals surface area contributed by atoms with Gasteiger partial charge in [0.2, 0.25) is 0 Å². The Hall–Kier alpha value is -2.64. The lowest BCUT2D eigenvalue weighted by Gasteiger charge is -2.22. The Kier molecular flexibility index (Phi) is 6.16. The van der Waals surface area contributed by atoms with Gasteiger partial charge in [0.05, 0.1) is 23.6 Å². The molecule has 1 fully saturated rings. The van der Waals surface area contributed by atoms with Gasteiger partial charge in [-0.05, 0) is 54.6 Å². The molecular formula is C24H27FN4OS. The second kappa shape index (κ2) is 8.85. The zero-order chi connectivity index (χ0) is 22.0. The van der Waals surface area contributed by atoms with Crippen molar-refractivity contribution >= 4 is 22.4 Å². The van der Waals surface area contributed by atoms with Crippen molar-refractivity contribution in [2.45, 2.75) is 51.6 Å². The van der Waals surface area contributed by atoms with Crippen LogP contribution >= 0.6 is 11.3 Å². The highest BCUT2D eigenvalue weighted by atomic mass is 32.1. The highest BCUT2D eigenvalue weighted by Gasteiger charge is 2.28. The third-order valence-corrected chi connectivity index (χ3v) is 6.39. The number of hydrogen-bond acceptors (Lipinski definition) is 5. The van der Waals surface area contributed by atoms with Crippen LogP contribution in [-0.2, 0) is 12.0 Å². The number of nitrogens with zero attached hydrogens (tertiary/aromatic N) is 3. The van der Waals surface area contributed by atoms with E-state index in [9.17, 15) is 9.18 Å². The number of amides is 1. The zero-order valence-electron chi connectivity index (χ0n) is 18.1. The number of aromatic nitrogens is 2. The second-order valence-electron chi connectivity index (χ2n) is 8.96. The molecule has 1 atom stereocenters. The number of hydrogen-bond donors (Lipinski definition) is 1. The van der Waals surface area contributed by atoms with Crippen LogP contribution in [0.2, 0.25) is 0 Å². The Morgan fingerprint density at radius 3 is 2.68 bits per heavy atom. The van der Waals surface area contributed by atoms with E-state index < -0.39 is 0 Å². The Labute approximate surface area is 186 Å².